The number of fused-ring (bicyclic) bond motifs is 2. The maximum absolute atomic E-state index is 5.86. The fourth-order valence-corrected chi connectivity index (χ4v) is 3.94. The molecule has 2 bridgehead atoms. The Kier molecular flexibility index (Phi) is 3.37. The molecule has 3 heteroatoms. The summed E-state index contributed by atoms with van der Waals surface area (Å²) in [7, 11) is 0. The van der Waals surface area contributed by atoms with Gasteiger partial charge in [0, 0.05) is 22.2 Å². The van der Waals surface area contributed by atoms with Crippen LogP contribution in [0.2, 0.25) is 0 Å². The first-order valence-corrected chi connectivity index (χ1v) is 7.73. The third-order valence-electron chi connectivity index (χ3n) is 4.60. The van der Waals surface area contributed by atoms with Gasteiger partial charge in [0.1, 0.15) is 0 Å². The van der Waals surface area contributed by atoms with Crippen molar-refractivity contribution >= 4 is 21.6 Å². The monoisotopic (exact) mass is 308 g/mol. The Morgan fingerprint density at radius 3 is 2.50 bits per heavy atom. The average Bonchev–Trinajstić information content (AvgIpc) is 2.64. The van der Waals surface area contributed by atoms with E-state index in [0.717, 1.165) is 24.5 Å². The van der Waals surface area contributed by atoms with Gasteiger partial charge in [0.05, 0.1) is 0 Å². The van der Waals surface area contributed by atoms with Crippen LogP contribution in [0.3, 0.4) is 0 Å². The second-order valence-electron chi connectivity index (χ2n) is 5.80. The minimum Gasteiger partial charge on any atom is -0.366 e. The van der Waals surface area contributed by atoms with E-state index >= 15 is 0 Å². The SMILES string of the molecule is Cc1cc(N2C3CCC2CC(CN)C3)ccc1Br. The van der Waals surface area contributed by atoms with Gasteiger partial charge in [-0.2, -0.15) is 0 Å². The number of nitrogens with two attached hydrogens (primary N) is 1. The minimum absolute atomic E-state index is 0.720. The van der Waals surface area contributed by atoms with Crippen molar-refractivity contribution in [3.8, 4) is 0 Å². The van der Waals surface area contributed by atoms with Crippen molar-refractivity contribution in [1.82, 2.24) is 0 Å². The number of aryl methyl sites for hydroxylation is 1. The molecule has 2 aliphatic heterocycles. The van der Waals surface area contributed by atoms with E-state index in [9.17, 15) is 0 Å². The molecule has 0 saturated carbocycles. The molecule has 0 aliphatic carbocycles. The summed E-state index contributed by atoms with van der Waals surface area (Å²) in [5, 5.41) is 0. The number of hydrogen-bond donors (Lipinski definition) is 1. The minimum atomic E-state index is 0.720. The molecular formula is C15H21BrN2. The summed E-state index contributed by atoms with van der Waals surface area (Å²) in [6, 6.07) is 8.19. The highest BCUT2D eigenvalue weighted by Crippen LogP contribution is 2.41. The summed E-state index contributed by atoms with van der Waals surface area (Å²) >= 11 is 3.58. The first-order valence-electron chi connectivity index (χ1n) is 6.93. The summed E-state index contributed by atoms with van der Waals surface area (Å²) < 4.78 is 1.20. The number of anilines is 1. The maximum Gasteiger partial charge on any atom is 0.0374 e. The van der Waals surface area contributed by atoms with Crippen molar-refractivity contribution in [3.63, 3.8) is 0 Å². The van der Waals surface area contributed by atoms with Gasteiger partial charge in [0.25, 0.3) is 0 Å². The summed E-state index contributed by atoms with van der Waals surface area (Å²) in [6.07, 6.45) is 5.25. The van der Waals surface area contributed by atoms with Crippen molar-refractivity contribution in [2.45, 2.75) is 44.7 Å². The Morgan fingerprint density at radius 1 is 1.28 bits per heavy atom. The number of nitrogens with zero attached hydrogens (tertiary/aromatic N) is 1. The van der Waals surface area contributed by atoms with Crippen molar-refractivity contribution in [3.05, 3.63) is 28.2 Å². The quantitative estimate of drug-likeness (QED) is 0.906. The van der Waals surface area contributed by atoms with Crippen LogP contribution in [0, 0.1) is 12.8 Å². The van der Waals surface area contributed by atoms with Crippen LogP contribution in [-0.2, 0) is 0 Å². The van der Waals surface area contributed by atoms with E-state index in [-0.39, 0.29) is 0 Å². The molecule has 2 aliphatic rings. The van der Waals surface area contributed by atoms with Crippen LogP contribution in [-0.4, -0.2) is 18.6 Å². The highest BCUT2D eigenvalue weighted by molar-refractivity contribution is 9.10. The summed E-state index contributed by atoms with van der Waals surface area (Å²) in [5.74, 6) is 0.746. The normalized spacial score (nSPS) is 30.8. The third-order valence-corrected chi connectivity index (χ3v) is 5.49. The molecule has 2 unspecified atom stereocenters. The number of rotatable bonds is 2. The van der Waals surface area contributed by atoms with Crippen LogP contribution >= 0.6 is 15.9 Å². The molecule has 18 heavy (non-hydrogen) atoms. The van der Waals surface area contributed by atoms with Gasteiger partial charge in [0.15, 0.2) is 0 Å². The van der Waals surface area contributed by atoms with Gasteiger partial charge in [0.2, 0.25) is 0 Å². The molecular weight excluding hydrogens is 288 g/mol. The van der Waals surface area contributed by atoms with E-state index in [0.29, 0.717) is 0 Å². The van der Waals surface area contributed by atoms with Gasteiger partial charge in [-0.3, -0.25) is 0 Å². The molecule has 1 aromatic carbocycles. The predicted molar refractivity (Wildman–Crippen MR) is 79.9 cm³/mol. The van der Waals surface area contributed by atoms with E-state index < -0.39 is 0 Å². The van der Waals surface area contributed by atoms with Crippen molar-refractivity contribution in [2.24, 2.45) is 11.7 Å². The van der Waals surface area contributed by atoms with Gasteiger partial charge in [-0.1, -0.05) is 15.9 Å². The van der Waals surface area contributed by atoms with Crippen LogP contribution in [0.5, 0.6) is 0 Å². The first kappa shape index (κ1) is 12.5. The van der Waals surface area contributed by atoms with Crippen molar-refractivity contribution in [1.29, 1.82) is 0 Å². The standard InChI is InChI=1S/C15H21BrN2/c1-10-6-12(4-5-15(10)16)18-13-2-3-14(18)8-11(7-13)9-17/h4-6,11,13-14H,2-3,7-9,17H2,1H3. The molecule has 2 saturated heterocycles. The Hall–Kier alpha value is -0.540. The van der Waals surface area contributed by atoms with Crippen LogP contribution < -0.4 is 10.6 Å². The number of piperidine rings is 1. The zero-order valence-electron chi connectivity index (χ0n) is 10.9. The number of benzene rings is 1. The lowest BCUT2D eigenvalue weighted by atomic mass is 9.90. The molecule has 0 spiro atoms. The third kappa shape index (κ3) is 2.08. The molecule has 1 aromatic rings. The van der Waals surface area contributed by atoms with E-state index in [2.05, 4.69) is 46.0 Å². The molecule has 0 amide bonds. The number of halogens is 1. The fraction of sp³-hybridized carbons (Fsp3) is 0.600. The summed E-state index contributed by atoms with van der Waals surface area (Å²) in [4.78, 5) is 2.66. The van der Waals surface area contributed by atoms with Gasteiger partial charge >= 0.3 is 0 Å². The Morgan fingerprint density at radius 2 is 1.94 bits per heavy atom. The molecule has 0 aromatic heterocycles. The van der Waals surface area contributed by atoms with E-state index in [1.165, 1.54) is 41.4 Å². The van der Waals surface area contributed by atoms with Gasteiger partial charge in [-0.05, 0) is 68.8 Å². The average molecular weight is 309 g/mol. The molecule has 3 rings (SSSR count). The zero-order chi connectivity index (χ0) is 12.7. The Balaban J connectivity index is 1.87. The molecule has 2 atom stereocenters. The molecule has 2 fully saturated rings. The van der Waals surface area contributed by atoms with Crippen molar-refractivity contribution < 1.29 is 0 Å². The van der Waals surface area contributed by atoms with Gasteiger partial charge in [-0.25, -0.2) is 0 Å². The lowest BCUT2D eigenvalue weighted by molar-refractivity contribution is 0.347. The fourth-order valence-electron chi connectivity index (χ4n) is 3.69. The van der Waals surface area contributed by atoms with Crippen LogP contribution in [0.25, 0.3) is 0 Å². The van der Waals surface area contributed by atoms with Crippen LogP contribution in [0.4, 0.5) is 5.69 Å². The van der Waals surface area contributed by atoms with Crippen LogP contribution in [0.15, 0.2) is 22.7 Å². The predicted octanol–water partition coefficient (Wildman–Crippen LogP) is 3.46. The largest absolute Gasteiger partial charge is 0.366 e. The molecule has 98 valence electrons. The zero-order valence-corrected chi connectivity index (χ0v) is 12.5. The van der Waals surface area contributed by atoms with Gasteiger partial charge < -0.3 is 10.6 Å². The Labute approximate surface area is 118 Å². The molecule has 2 heterocycles. The maximum atomic E-state index is 5.86. The van der Waals surface area contributed by atoms with Crippen LogP contribution in [0.1, 0.15) is 31.2 Å². The second-order valence-corrected chi connectivity index (χ2v) is 6.65. The van der Waals surface area contributed by atoms with E-state index in [4.69, 9.17) is 5.73 Å². The highest BCUT2D eigenvalue weighted by Gasteiger charge is 2.40. The first-order chi connectivity index (χ1) is 8.69. The topological polar surface area (TPSA) is 29.3 Å². The molecule has 0 radical (unpaired) electrons. The summed E-state index contributed by atoms with van der Waals surface area (Å²) in [6.45, 7) is 3.03. The van der Waals surface area contributed by atoms with E-state index in [1.807, 2.05) is 0 Å². The smallest absolute Gasteiger partial charge is 0.0374 e. The second kappa shape index (κ2) is 4.86. The molecule has 2 nitrogen and oxygen atoms in total. The lowest BCUT2D eigenvalue weighted by Gasteiger charge is -2.40. The number of hydrogen-bond acceptors (Lipinski definition) is 2. The summed E-state index contributed by atoms with van der Waals surface area (Å²) in [5.41, 5.74) is 8.59. The molecule has 2 N–H and O–H groups in total. The van der Waals surface area contributed by atoms with Gasteiger partial charge in [-0.15, -0.1) is 0 Å². The lowest BCUT2D eigenvalue weighted by Crippen LogP contribution is -2.44. The van der Waals surface area contributed by atoms with E-state index in [1.54, 1.807) is 0 Å². The van der Waals surface area contributed by atoms with Crippen molar-refractivity contribution in [2.75, 3.05) is 11.4 Å². The Bertz CT molecular complexity index is 432. The highest BCUT2D eigenvalue weighted by atomic mass is 79.9.